The van der Waals surface area contributed by atoms with Crippen molar-refractivity contribution >= 4 is 29.3 Å². The first-order chi connectivity index (χ1) is 11.6. The van der Waals surface area contributed by atoms with Crippen molar-refractivity contribution in [1.29, 1.82) is 0 Å². The summed E-state index contributed by atoms with van der Waals surface area (Å²) in [5.74, 6) is 1.75. The molecule has 1 saturated heterocycles. The van der Waals surface area contributed by atoms with Crippen molar-refractivity contribution in [2.75, 3.05) is 29.9 Å². The number of nitrogens with one attached hydrogen (secondary N) is 1. The fourth-order valence-corrected chi connectivity index (χ4v) is 3.39. The SMILES string of the molecule is Cc1ccc(C(=O)N2CCSCC2)cc1NC(=O)Cn1cncn1. The maximum absolute atomic E-state index is 12.6. The number of hydrogen-bond acceptors (Lipinski definition) is 5. The van der Waals surface area contributed by atoms with Crippen LogP contribution in [0.2, 0.25) is 0 Å². The van der Waals surface area contributed by atoms with Gasteiger partial charge in [0.25, 0.3) is 5.91 Å². The van der Waals surface area contributed by atoms with Gasteiger partial charge < -0.3 is 10.2 Å². The van der Waals surface area contributed by atoms with Crippen LogP contribution in [-0.4, -0.2) is 56.1 Å². The molecule has 0 radical (unpaired) electrons. The third-order valence-electron chi connectivity index (χ3n) is 3.83. The lowest BCUT2D eigenvalue weighted by atomic mass is 10.1. The number of nitrogens with zero attached hydrogens (tertiary/aromatic N) is 4. The molecule has 1 aromatic carbocycles. The van der Waals surface area contributed by atoms with E-state index in [0.717, 1.165) is 30.2 Å². The molecule has 24 heavy (non-hydrogen) atoms. The quantitative estimate of drug-likeness (QED) is 0.906. The molecule has 1 N–H and O–H groups in total. The summed E-state index contributed by atoms with van der Waals surface area (Å²) in [7, 11) is 0. The molecule has 0 bridgehead atoms. The van der Waals surface area contributed by atoms with Crippen molar-refractivity contribution in [1.82, 2.24) is 19.7 Å². The zero-order valence-electron chi connectivity index (χ0n) is 13.4. The normalized spacial score (nSPS) is 14.5. The van der Waals surface area contributed by atoms with Crippen LogP contribution >= 0.6 is 11.8 Å². The number of thioether (sulfide) groups is 1. The molecule has 1 aliphatic heterocycles. The highest BCUT2D eigenvalue weighted by molar-refractivity contribution is 7.99. The summed E-state index contributed by atoms with van der Waals surface area (Å²) in [5, 5.41) is 6.75. The lowest BCUT2D eigenvalue weighted by Crippen LogP contribution is -2.37. The van der Waals surface area contributed by atoms with Gasteiger partial charge in [-0.05, 0) is 24.6 Å². The van der Waals surface area contributed by atoms with Gasteiger partial charge >= 0.3 is 0 Å². The average Bonchev–Trinajstić information content (AvgIpc) is 3.10. The molecule has 0 spiro atoms. The van der Waals surface area contributed by atoms with E-state index in [2.05, 4.69) is 15.4 Å². The standard InChI is InChI=1S/C16H19N5O2S/c1-12-2-3-13(16(23)20-4-6-24-7-5-20)8-14(12)19-15(22)9-21-11-17-10-18-21/h2-3,8,10-11H,4-7,9H2,1H3,(H,19,22). The maximum Gasteiger partial charge on any atom is 0.253 e. The van der Waals surface area contributed by atoms with Crippen LogP contribution in [0.1, 0.15) is 15.9 Å². The van der Waals surface area contributed by atoms with Gasteiger partial charge in [0.05, 0.1) is 0 Å². The van der Waals surface area contributed by atoms with Crippen LogP contribution in [0.15, 0.2) is 30.9 Å². The fourth-order valence-electron chi connectivity index (χ4n) is 2.49. The predicted molar refractivity (Wildman–Crippen MR) is 93.1 cm³/mol. The number of benzene rings is 1. The third-order valence-corrected chi connectivity index (χ3v) is 4.77. The van der Waals surface area contributed by atoms with Crippen LogP contribution in [0.5, 0.6) is 0 Å². The highest BCUT2D eigenvalue weighted by Crippen LogP contribution is 2.20. The molecular weight excluding hydrogens is 326 g/mol. The first kappa shape index (κ1) is 16.5. The Kier molecular flexibility index (Phi) is 5.14. The topological polar surface area (TPSA) is 80.1 Å². The number of hydrogen-bond donors (Lipinski definition) is 1. The molecule has 0 saturated carbocycles. The molecule has 2 aromatic rings. The highest BCUT2D eigenvalue weighted by Gasteiger charge is 2.19. The van der Waals surface area contributed by atoms with Gasteiger partial charge in [-0.15, -0.1) is 0 Å². The summed E-state index contributed by atoms with van der Waals surface area (Å²) in [6.07, 6.45) is 2.87. The van der Waals surface area contributed by atoms with E-state index < -0.39 is 0 Å². The van der Waals surface area contributed by atoms with Gasteiger partial charge in [-0.3, -0.25) is 9.59 Å². The van der Waals surface area contributed by atoms with Crippen molar-refractivity contribution in [2.45, 2.75) is 13.5 Å². The molecule has 8 heteroatoms. The van der Waals surface area contributed by atoms with Gasteiger partial charge in [0.1, 0.15) is 19.2 Å². The fraction of sp³-hybridized carbons (Fsp3) is 0.375. The average molecular weight is 345 g/mol. The zero-order chi connectivity index (χ0) is 16.9. The summed E-state index contributed by atoms with van der Waals surface area (Å²) in [6.45, 7) is 3.52. The lowest BCUT2D eigenvalue weighted by Gasteiger charge is -2.26. The van der Waals surface area contributed by atoms with Crippen LogP contribution < -0.4 is 5.32 Å². The molecule has 1 fully saturated rings. The number of anilines is 1. The summed E-state index contributed by atoms with van der Waals surface area (Å²) in [5.41, 5.74) is 2.16. The molecule has 0 atom stereocenters. The lowest BCUT2D eigenvalue weighted by molar-refractivity contribution is -0.116. The molecule has 0 unspecified atom stereocenters. The van der Waals surface area contributed by atoms with Gasteiger partial charge in [0, 0.05) is 35.8 Å². The number of carbonyl (C=O) groups is 2. The Morgan fingerprint density at radius 2 is 2.08 bits per heavy atom. The minimum absolute atomic E-state index is 0.0158. The minimum atomic E-state index is -0.206. The third kappa shape index (κ3) is 3.94. The van der Waals surface area contributed by atoms with Gasteiger partial charge in [0.15, 0.2) is 0 Å². The Labute approximate surface area is 144 Å². The maximum atomic E-state index is 12.6. The van der Waals surface area contributed by atoms with Crippen LogP contribution in [-0.2, 0) is 11.3 Å². The Morgan fingerprint density at radius 3 is 2.79 bits per heavy atom. The van der Waals surface area contributed by atoms with E-state index >= 15 is 0 Å². The second kappa shape index (κ2) is 7.48. The van der Waals surface area contributed by atoms with Crippen LogP contribution in [0.3, 0.4) is 0 Å². The molecule has 2 amide bonds. The molecular formula is C16H19N5O2S. The van der Waals surface area contributed by atoms with Crippen LogP contribution in [0, 0.1) is 6.92 Å². The summed E-state index contributed by atoms with van der Waals surface area (Å²) in [4.78, 5) is 30.4. The molecule has 0 aliphatic carbocycles. The number of aromatic nitrogens is 3. The van der Waals surface area contributed by atoms with Gasteiger partial charge in [0.2, 0.25) is 5.91 Å². The number of carbonyl (C=O) groups excluding carboxylic acids is 2. The monoisotopic (exact) mass is 345 g/mol. The minimum Gasteiger partial charge on any atom is -0.337 e. The first-order valence-electron chi connectivity index (χ1n) is 7.73. The number of aryl methyl sites for hydroxylation is 1. The van der Waals surface area contributed by atoms with E-state index in [1.165, 1.54) is 17.3 Å². The highest BCUT2D eigenvalue weighted by atomic mass is 32.2. The second-order valence-corrected chi connectivity index (χ2v) is 6.80. The van der Waals surface area contributed by atoms with E-state index in [4.69, 9.17) is 0 Å². The molecule has 126 valence electrons. The molecule has 3 rings (SSSR count). The Hall–Kier alpha value is -2.35. The first-order valence-corrected chi connectivity index (χ1v) is 8.89. The van der Waals surface area contributed by atoms with Crippen LogP contribution in [0.25, 0.3) is 0 Å². The Balaban J connectivity index is 1.71. The molecule has 2 heterocycles. The molecule has 7 nitrogen and oxygen atoms in total. The molecule has 1 aliphatic rings. The van der Waals surface area contributed by atoms with Crippen molar-refractivity contribution in [2.24, 2.45) is 0 Å². The van der Waals surface area contributed by atoms with E-state index in [0.29, 0.717) is 11.3 Å². The zero-order valence-corrected chi connectivity index (χ0v) is 14.3. The van der Waals surface area contributed by atoms with Crippen molar-refractivity contribution < 1.29 is 9.59 Å². The summed E-state index contributed by atoms with van der Waals surface area (Å²) < 4.78 is 1.45. The van der Waals surface area contributed by atoms with Crippen molar-refractivity contribution in [3.05, 3.63) is 42.0 Å². The predicted octanol–water partition coefficient (Wildman–Crippen LogP) is 1.41. The van der Waals surface area contributed by atoms with E-state index in [9.17, 15) is 9.59 Å². The second-order valence-electron chi connectivity index (χ2n) is 5.58. The van der Waals surface area contributed by atoms with Gasteiger partial charge in [-0.25, -0.2) is 9.67 Å². The Morgan fingerprint density at radius 1 is 1.29 bits per heavy atom. The van der Waals surface area contributed by atoms with E-state index in [-0.39, 0.29) is 18.4 Å². The van der Waals surface area contributed by atoms with E-state index in [1.807, 2.05) is 35.7 Å². The number of amides is 2. The van der Waals surface area contributed by atoms with Gasteiger partial charge in [-0.1, -0.05) is 6.07 Å². The summed E-state index contributed by atoms with van der Waals surface area (Å²) >= 11 is 1.86. The van der Waals surface area contributed by atoms with Crippen molar-refractivity contribution in [3.8, 4) is 0 Å². The van der Waals surface area contributed by atoms with E-state index in [1.54, 1.807) is 6.07 Å². The smallest absolute Gasteiger partial charge is 0.253 e. The Bertz CT molecular complexity index is 726. The largest absolute Gasteiger partial charge is 0.337 e. The molecule has 1 aromatic heterocycles. The number of rotatable bonds is 4. The van der Waals surface area contributed by atoms with Gasteiger partial charge in [-0.2, -0.15) is 16.9 Å². The summed E-state index contributed by atoms with van der Waals surface area (Å²) in [6, 6.07) is 5.42. The van der Waals surface area contributed by atoms with Crippen LogP contribution in [0.4, 0.5) is 5.69 Å². The van der Waals surface area contributed by atoms with Crippen molar-refractivity contribution in [3.63, 3.8) is 0 Å².